The van der Waals surface area contributed by atoms with Crippen LogP contribution in [0.15, 0.2) is 18.5 Å². The van der Waals surface area contributed by atoms with Crippen molar-refractivity contribution in [2.45, 2.75) is 58.0 Å². The van der Waals surface area contributed by atoms with E-state index < -0.39 is 0 Å². The molecule has 22 heavy (non-hydrogen) atoms. The summed E-state index contributed by atoms with van der Waals surface area (Å²) in [5, 5.41) is 4.30. The Balaban J connectivity index is 1.32. The van der Waals surface area contributed by atoms with Gasteiger partial charge < -0.3 is 9.80 Å². The lowest BCUT2D eigenvalue weighted by Crippen LogP contribution is -2.41. The molecule has 2 aliphatic heterocycles. The van der Waals surface area contributed by atoms with Crippen LogP contribution in [0.1, 0.15) is 45.4 Å². The average Bonchev–Trinajstić information content (AvgIpc) is 3.24. The first kappa shape index (κ1) is 16.0. The molecular weight excluding hydrogens is 272 g/mol. The molecule has 0 radical (unpaired) electrons. The van der Waals surface area contributed by atoms with E-state index in [0.29, 0.717) is 6.04 Å². The number of hydrogen-bond acceptors (Lipinski definition) is 3. The summed E-state index contributed by atoms with van der Waals surface area (Å²) in [5.41, 5.74) is 0. The molecule has 0 aromatic carbocycles. The number of aryl methyl sites for hydroxylation is 1. The quantitative estimate of drug-likeness (QED) is 0.774. The molecule has 0 bridgehead atoms. The van der Waals surface area contributed by atoms with Gasteiger partial charge in [0.1, 0.15) is 0 Å². The van der Waals surface area contributed by atoms with E-state index >= 15 is 0 Å². The van der Waals surface area contributed by atoms with Crippen molar-refractivity contribution < 1.29 is 0 Å². The molecule has 0 amide bonds. The minimum absolute atomic E-state index is 0.684. The fraction of sp³-hybridized carbons (Fsp3) is 0.833. The summed E-state index contributed by atoms with van der Waals surface area (Å²) >= 11 is 0. The van der Waals surface area contributed by atoms with E-state index in [0.717, 1.165) is 12.5 Å². The Morgan fingerprint density at radius 3 is 2.55 bits per heavy atom. The maximum absolute atomic E-state index is 4.30. The number of hydrogen-bond donors (Lipinski definition) is 0. The smallest absolute Gasteiger partial charge is 0.0489 e. The van der Waals surface area contributed by atoms with Crippen LogP contribution in [0.3, 0.4) is 0 Å². The van der Waals surface area contributed by atoms with Crippen LogP contribution in [0.4, 0.5) is 0 Å². The van der Waals surface area contributed by atoms with Gasteiger partial charge in [-0.2, -0.15) is 5.10 Å². The molecule has 2 saturated heterocycles. The molecule has 1 atom stereocenters. The van der Waals surface area contributed by atoms with E-state index in [2.05, 4.69) is 32.7 Å². The molecular formula is C18H32N4. The van der Waals surface area contributed by atoms with E-state index in [1.165, 1.54) is 71.2 Å². The van der Waals surface area contributed by atoms with Crippen LogP contribution in [0.25, 0.3) is 0 Å². The van der Waals surface area contributed by atoms with Crippen LogP contribution in [0.5, 0.6) is 0 Å². The van der Waals surface area contributed by atoms with E-state index in [9.17, 15) is 0 Å². The summed E-state index contributed by atoms with van der Waals surface area (Å²) in [6.45, 7) is 10.1. The minimum Gasteiger partial charge on any atom is -0.303 e. The summed E-state index contributed by atoms with van der Waals surface area (Å²) in [5.74, 6) is 0.968. The highest BCUT2D eigenvalue weighted by molar-refractivity contribution is 4.80. The van der Waals surface area contributed by atoms with Crippen LogP contribution >= 0.6 is 0 Å². The normalized spacial score (nSPS) is 23.1. The van der Waals surface area contributed by atoms with E-state index in [-0.39, 0.29) is 0 Å². The topological polar surface area (TPSA) is 24.3 Å². The zero-order valence-corrected chi connectivity index (χ0v) is 14.2. The second kappa shape index (κ2) is 8.11. The molecule has 3 heterocycles. The van der Waals surface area contributed by atoms with Gasteiger partial charge in [0.15, 0.2) is 0 Å². The molecule has 4 nitrogen and oxygen atoms in total. The highest BCUT2D eigenvalue weighted by Gasteiger charge is 2.23. The number of aromatic nitrogens is 2. The molecule has 2 fully saturated rings. The highest BCUT2D eigenvalue weighted by Crippen LogP contribution is 2.23. The van der Waals surface area contributed by atoms with Gasteiger partial charge in [-0.1, -0.05) is 0 Å². The van der Waals surface area contributed by atoms with Crippen molar-refractivity contribution in [2.24, 2.45) is 5.92 Å². The SMILES string of the molecule is C[C@@H](CCn1cccn1)N1CCC(CCN2CCCC2)CC1. The van der Waals surface area contributed by atoms with Crippen molar-refractivity contribution in [1.82, 2.24) is 19.6 Å². The van der Waals surface area contributed by atoms with Gasteiger partial charge in [0, 0.05) is 25.0 Å². The second-order valence-corrected chi connectivity index (χ2v) is 7.22. The van der Waals surface area contributed by atoms with Crippen LogP contribution in [-0.4, -0.2) is 58.3 Å². The standard InChI is InChI=1S/C18H32N4/c1-17(5-16-22-12-4-9-19-22)21-14-7-18(8-15-21)6-13-20-10-2-3-11-20/h4,9,12,17-18H,2-3,5-8,10-11,13-16H2,1H3/t17-/m0/s1. The summed E-state index contributed by atoms with van der Waals surface area (Å²) in [7, 11) is 0. The van der Waals surface area contributed by atoms with Gasteiger partial charge in [-0.05, 0) is 90.2 Å². The Labute approximate surface area is 135 Å². The van der Waals surface area contributed by atoms with Crippen molar-refractivity contribution in [3.05, 3.63) is 18.5 Å². The highest BCUT2D eigenvalue weighted by atomic mass is 15.3. The Morgan fingerprint density at radius 2 is 1.86 bits per heavy atom. The molecule has 2 aliphatic rings. The van der Waals surface area contributed by atoms with Gasteiger partial charge in [0.05, 0.1) is 0 Å². The van der Waals surface area contributed by atoms with Crippen molar-refractivity contribution in [2.75, 3.05) is 32.7 Å². The van der Waals surface area contributed by atoms with Gasteiger partial charge in [0.2, 0.25) is 0 Å². The Morgan fingerprint density at radius 1 is 1.09 bits per heavy atom. The monoisotopic (exact) mass is 304 g/mol. The molecule has 1 aromatic rings. The Bertz CT molecular complexity index is 403. The Kier molecular flexibility index (Phi) is 5.90. The lowest BCUT2D eigenvalue weighted by atomic mass is 9.92. The molecule has 0 N–H and O–H groups in total. The molecule has 4 heteroatoms. The zero-order valence-electron chi connectivity index (χ0n) is 14.2. The van der Waals surface area contributed by atoms with Gasteiger partial charge in [-0.3, -0.25) is 4.68 Å². The first-order valence-electron chi connectivity index (χ1n) is 9.25. The minimum atomic E-state index is 0.684. The van der Waals surface area contributed by atoms with Crippen LogP contribution in [0, 0.1) is 5.92 Å². The first-order chi connectivity index (χ1) is 10.8. The van der Waals surface area contributed by atoms with Crippen LogP contribution in [0.2, 0.25) is 0 Å². The number of piperidine rings is 1. The van der Waals surface area contributed by atoms with Crippen molar-refractivity contribution >= 4 is 0 Å². The van der Waals surface area contributed by atoms with Gasteiger partial charge in [-0.25, -0.2) is 0 Å². The number of nitrogens with zero attached hydrogens (tertiary/aromatic N) is 4. The predicted octanol–water partition coefficient (Wildman–Crippen LogP) is 2.86. The third-order valence-electron chi connectivity index (χ3n) is 5.66. The van der Waals surface area contributed by atoms with Gasteiger partial charge >= 0.3 is 0 Å². The van der Waals surface area contributed by atoms with E-state index in [1.54, 1.807) is 0 Å². The largest absolute Gasteiger partial charge is 0.303 e. The average molecular weight is 304 g/mol. The second-order valence-electron chi connectivity index (χ2n) is 7.22. The summed E-state index contributed by atoms with van der Waals surface area (Å²) in [6.07, 6.45) is 12.2. The summed E-state index contributed by atoms with van der Waals surface area (Å²) < 4.78 is 2.05. The van der Waals surface area contributed by atoms with Gasteiger partial charge in [0.25, 0.3) is 0 Å². The number of likely N-dealkylation sites (tertiary alicyclic amines) is 2. The maximum atomic E-state index is 4.30. The van der Waals surface area contributed by atoms with Crippen molar-refractivity contribution in [3.8, 4) is 0 Å². The predicted molar refractivity (Wildman–Crippen MR) is 90.9 cm³/mol. The fourth-order valence-electron chi connectivity index (χ4n) is 3.99. The fourth-order valence-corrected chi connectivity index (χ4v) is 3.99. The molecule has 3 rings (SSSR count). The molecule has 0 saturated carbocycles. The van der Waals surface area contributed by atoms with Crippen molar-refractivity contribution in [1.29, 1.82) is 0 Å². The number of rotatable bonds is 7. The molecule has 0 spiro atoms. The lowest BCUT2D eigenvalue weighted by Gasteiger charge is -2.36. The maximum Gasteiger partial charge on any atom is 0.0489 e. The first-order valence-corrected chi connectivity index (χ1v) is 9.25. The Hall–Kier alpha value is -0.870. The van der Waals surface area contributed by atoms with Crippen LogP contribution < -0.4 is 0 Å². The molecule has 0 unspecified atom stereocenters. The van der Waals surface area contributed by atoms with E-state index in [4.69, 9.17) is 0 Å². The van der Waals surface area contributed by atoms with E-state index in [1.807, 2.05) is 12.3 Å². The van der Waals surface area contributed by atoms with Gasteiger partial charge in [-0.15, -0.1) is 0 Å². The van der Waals surface area contributed by atoms with Crippen molar-refractivity contribution in [3.63, 3.8) is 0 Å². The summed E-state index contributed by atoms with van der Waals surface area (Å²) in [6, 6.07) is 2.69. The van der Waals surface area contributed by atoms with Crippen LogP contribution in [-0.2, 0) is 6.54 Å². The third kappa shape index (κ3) is 4.56. The zero-order chi connectivity index (χ0) is 15.2. The third-order valence-corrected chi connectivity index (χ3v) is 5.66. The molecule has 0 aliphatic carbocycles. The molecule has 124 valence electrons. The lowest BCUT2D eigenvalue weighted by molar-refractivity contribution is 0.123. The molecule has 1 aromatic heterocycles. The summed E-state index contributed by atoms with van der Waals surface area (Å²) in [4.78, 5) is 5.36.